The van der Waals surface area contributed by atoms with Gasteiger partial charge in [-0.3, -0.25) is 4.98 Å². The quantitative estimate of drug-likeness (QED) is 0.638. The highest BCUT2D eigenvalue weighted by atomic mass is 16.3. The van der Waals surface area contributed by atoms with Crippen molar-refractivity contribution in [3.05, 3.63) is 30.1 Å². The molecule has 0 aliphatic heterocycles. The summed E-state index contributed by atoms with van der Waals surface area (Å²) >= 11 is 0. The summed E-state index contributed by atoms with van der Waals surface area (Å²) in [5.41, 5.74) is 4.96. The van der Waals surface area contributed by atoms with Crippen molar-refractivity contribution >= 4 is 0 Å². The highest BCUT2D eigenvalue weighted by molar-refractivity contribution is 5.11. The summed E-state index contributed by atoms with van der Waals surface area (Å²) in [7, 11) is 0. The summed E-state index contributed by atoms with van der Waals surface area (Å²) < 4.78 is 0. The van der Waals surface area contributed by atoms with Crippen molar-refractivity contribution in [2.45, 2.75) is 12.5 Å². The molecule has 0 saturated heterocycles. The minimum absolute atomic E-state index is 0.185. The highest BCUT2D eigenvalue weighted by Gasteiger charge is 2.21. The zero-order valence-corrected chi connectivity index (χ0v) is 6.49. The second-order valence-corrected chi connectivity index (χ2v) is 2.69. The van der Waals surface area contributed by atoms with E-state index in [1.54, 1.807) is 25.3 Å². The Balaban J connectivity index is 2.93. The van der Waals surface area contributed by atoms with Crippen LogP contribution in [0.25, 0.3) is 0 Å². The third kappa shape index (κ3) is 1.76. The number of hydrogen-bond donors (Lipinski definition) is 2. The molecule has 1 rings (SSSR count). The van der Waals surface area contributed by atoms with E-state index in [-0.39, 0.29) is 6.54 Å². The normalized spacial score (nSPS) is 15.9. The van der Waals surface area contributed by atoms with Crippen molar-refractivity contribution in [2.75, 3.05) is 6.54 Å². The van der Waals surface area contributed by atoms with Gasteiger partial charge in [0.15, 0.2) is 0 Å². The van der Waals surface area contributed by atoms with E-state index in [0.29, 0.717) is 5.69 Å². The Kier molecular flexibility index (Phi) is 2.22. The molecule has 1 atom stereocenters. The lowest BCUT2D eigenvalue weighted by Gasteiger charge is -2.19. The summed E-state index contributed by atoms with van der Waals surface area (Å²) in [5.74, 6) is 0. The number of pyridine rings is 1. The van der Waals surface area contributed by atoms with Gasteiger partial charge in [-0.2, -0.15) is 0 Å². The Morgan fingerprint density at radius 1 is 1.64 bits per heavy atom. The fraction of sp³-hybridized carbons (Fsp3) is 0.375. The average Bonchev–Trinajstić information content (AvgIpc) is 2.06. The number of aromatic nitrogens is 1. The second-order valence-electron chi connectivity index (χ2n) is 2.69. The van der Waals surface area contributed by atoms with Crippen molar-refractivity contribution in [1.29, 1.82) is 0 Å². The molecule has 0 amide bonds. The molecular formula is C8H12N2O. The molecule has 0 aromatic carbocycles. The maximum Gasteiger partial charge on any atom is 0.116 e. The van der Waals surface area contributed by atoms with Gasteiger partial charge in [-0.05, 0) is 19.1 Å². The lowest BCUT2D eigenvalue weighted by molar-refractivity contribution is 0.0622. The molecule has 1 aromatic heterocycles. The molecule has 0 bridgehead atoms. The average molecular weight is 152 g/mol. The van der Waals surface area contributed by atoms with E-state index in [9.17, 15) is 5.11 Å². The minimum Gasteiger partial charge on any atom is -0.383 e. The molecule has 0 aliphatic carbocycles. The van der Waals surface area contributed by atoms with Gasteiger partial charge in [0.25, 0.3) is 0 Å². The second kappa shape index (κ2) is 2.98. The lowest BCUT2D eigenvalue weighted by Crippen LogP contribution is -2.32. The van der Waals surface area contributed by atoms with E-state index in [1.165, 1.54) is 0 Å². The maximum absolute atomic E-state index is 9.61. The van der Waals surface area contributed by atoms with E-state index < -0.39 is 5.60 Å². The molecule has 3 nitrogen and oxygen atoms in total. The Hall–Kier alpha value is -0.930. The van der Waals surface area contributed by atoms with Crippen LogP contribution in [0.3, 0.4) is 0 Å². The molecule has 0 saturated carbocycles. The summed E-state index contributed by atoms with van der Waals surface area (Å²) in [4.78, 5) is 3.99. The first-order valence-electron chi connectivity index (χ1n) is 3.51. The first-order chi connectivity index (χ1) is 5.17. The Morgan fingerprint density at radius 2 is 2.36 bits per heavy atom. The fourth-order valence-corrected chi connectivity index (χ4v) is 0.786. The van der Waals surface area contributed by atoms with Crippen molar-refractivity contribution in [1.82, 2.24) is 4.98 Å². The van der Waals surface area contributed by atoms with Gasteiger partial charge in [0.1, 0.15) is 5.60 Å². The smallest absolute Gasteiger partial charge is 0.116 e. The number of aliphatic hydroxyl groups is 1. The molecule has 0 spiro atoms. The van der Waals surface area contributed by atoms with Gasteiger partial charge in [-0.1, -0.05) is 6.07 Å². The maximum atomic E-state index is 9.61. The van der Waals surface area contributed by atoms with Crippen LogP contribution in [0.2, 0.25) is 0 Å². The van der Waals surface area contributed by atoms with Crippen LogP contribution in [0.15, 0.2) is 24.4 Å². The number of hydrogen-bond acceptors (Lipinski definition) is 3. The predicted octanol–water partition coefficient (Wildman–Crippen LogP) is 0.248. The number of nitrogens with zero attached hydrogens (tertiary/aromatic N) is 1. The molecule has 0 unspecified atom stereocenters. The Morgan fingerprint density at radius 3 is 2.82 bits per heavy atom. The van der Waals surface area contributed by atoms with E-state index in [1.807, 2.05) is 6.07 Å². The van der Waals surface area contributed by atoms with Gasteiger partial charge in [0, 0.05) is 12.7 Å². The zero-order chi connectivity index (χ0) is 8.32. The molecule has 1 heterocycles. The van der Waals surface area contributed by atoms with Crippen LogP contribution in [0, 0.1) is 0 Å². The van der Waals surface area contributed by atoms with Gasteiger partial charge < -0.3 is 10.8 Å². The van der Waals surface area contributed by atoms with Crippen molar-refractivity contribution in [3.8, 4) is 0 Å². The summed E-state index contributed by atoms with van der Waals surface area (Å²) in [6.45, 7) is 1.83. The van der Waals surface area contributed by atoms with Gasteiger partial charge in [-0.15, -0.1) is 0 Å². The van der Waals surface area contributed by atoms with E-state index >= 15 is 0 Å². The summed E-state index contributed by atoms with van der Waals surface area (Å²) in [6, 6.07) is 5.38. The van der Waals surface area contributed by atoms with Crippen LogP contribution in [0.1, 0.15) is 12.6 Å². The third-order valence-corrected chi connectivity index (χ3v) is 1.61. The summed E-state index contributed by atoms with van der Waals surface area (Å²) in [6.07, 6.45) is 1.64. The summed E-state index contributed by atoms with van der Waals surface area (Å²) in [5, 5.41) is 9.61. The first-order valence-corrected chi connectivity index (χ1v) is 3.51. The lowest BCUT2D eigenvalue weighted by atomic mass is 10.0. The standard InChI is InChI=1S/C8H12N2O/c1-8(11,6-9)7-4-2-3-5-10-7/h2-5,11H,6,9H2,1H3/t8-/m1/s1. The van der Waals surface area contributed by atoms with Crippen LogP contribution < -0.4 is 5.73 Å². The first kappa shape index (κ1) is 8.17. The Labute approximate surface area is 65.9 Å². The Bertz CT molecular complexity index is 221. The van der Waals surface area contributed by atoms with Crippen LogP contribution in [0.4, 0.5) is 0 Å². The fourth-order valence-electron chi connectivity index (χ4n) is 0.786. The monoisotopic (exact) mass is 152 g/mol. The molecule has 60 valence electrons. The van der Waals surface area contributed by atoms with Crippen molar-refractivity contribution < 1.29 is 5.11 Å². The van der Waals surface area contributed by atoms with Gasteiger partial charge in [0.2, 0.25) is 0 Å². The zero-order valence-electron chi connectivity index (χ0n) is 6.49. The number of rotatable bonds is 2. The molecule has 0 radical (unpaired) electrons. The highest BCUT2D eigenvalue weighted by Crippen LogP contribution is 2.14. The van der Waals surface area contributed by atoms with Gasteiger partial charge in [0.05, 0.1) is 5.69 Å². The number of nitrogens with two attached hydrogens (primary N) is 1. The van der Waals surface area contributed by atoms with E-state index in [2.05, 4.69) is 4.98 Å². The molecule has 0 aliphatic rings. The SMILES string of the molecule is C[C@@](O)(CN)c1ccccn1. The van der Waals surface area contributed by atoms with Gasteiger partial charge >= 0.3 is 0 Å². The predicted molar refractivity (Wildman–Crippen MR) is 42.9 cm³/mol. The van der Waals surface area contributed by atoms with Crippen LogP contribution in [-0.2, 0) is 5.60 Å². The van der Waals surface area contributed by atoms with Crippen LogP contribution >= 0.6 is 0 Å². The van der Waals surface area contributed by atoms with Gasteiger partial charge in [-0.25, -0.2) is 0 Å². The van der Waals surface area contributed by atoms with Crippen LogP contribution in [0.5, 0.6) is 0 Å². The molecule has 3 N–H and O–H groups in total. The van der Waals surface area contributed by atoms with Crippen molar-refractivity contribution in [3.63, 3.8) is 0 Å². The molecular weight excluding hydrogens is 140 g/mol. The molecule has 0 fully saturated rings. The molecule has 1 aromatic rings. The minimum atomic E-state index is -0.999. The van der Waals surface area contributed by atoms with E-state index in [4.69, 9.17) is 5.73 Å². The van der Waals surface area contributed by atoms with Crippen molar-refractivity contribution in [2.24, 2.45) is 5.73 Å². The third-order valence-electron chi connectivity index (χ3n) is 1.61. The van der Waals surface area contributed by atoms with Crippen LogP contribution in [-0.4, -0.2) is 16.6 Å². The topological polar surface area (TPSA) is 59.1 Å². The van der Waals surface area contributed by atoms with E-state index in [0.717, 1.165) is 0 Å². The molecule has 11 heavy (non-hydrogen) atoms. The molecule has 3 heteroatoms. The largest absolute Gasteiger partial charge is 0.383 e.